The number of carbonyl (C=O) groups is 3. The van der Waals surface area contributed by atoms with Crippen LogP contribution in [0.2, 0.25) is 5.02 Å². The average Bonchev–Trinajstić information content (AvgIpc) is 3.27. The van der Waals surface area contributed by atoms with Crippen molar-refractivity contribution in [2.75, 3.05) is 48.0 Å². The number of hydrogen-bond donors (Lipinski definition) is 4. The fourth-order valence-corrected chi connectivity index (χ4v) is 4.73. The summed E-state index contributed by atoms with van der Waals surface area (Å²) in [7, 11) is 0. The van der Waals surface area contributed by atoms with Gasteiger partial charge in [0, 0.05) is 42.1 Å². The molecule has 188 valence electrons. The lowest BCUT2D eigenvalue weighted by Crippen LogP contribution is -2.55. The van der Waals surface area contributed by atoms with Gasteiger partial charge in [-0.15, -0.1) is 0 Å². The van der Waals surface area contributed by atoms with Gasteiger partial charge in [-0.3, -0.25) is 19.8 Å². The molecule has 12 heteroatoms. The highest BCUT2D eigenvalue weighted by Gasteiger charge is 2.40. The van der Waals surface area contributed by atoms with Gasteiger partial charge in [0.15, 0.2) is 12.2 Å². The lowest BCUT2D eigenvalue weighted by Gasteiger charge is -2.35. The van der Waals surface area contributed by atoms with Crippen LogP contribution < -0.4 is 20.4 Å². The van der Waals surface area contributed by atoms with E-state index in [2.05, 4.69) is 10.6 Å². The lowest BCUT2D eigenvalue weighted by molar-refractivity contribution is -0.150. The summed E-state index contributed by atoms with van der Waals surface area (Å²) in [5.74, 6) is -1.35. The molecule has 2 aromatic carbocycles. The van der Waals surface area contributed by atoms with Gasteiger partial charge in [0.25, 0.3) is 17.7 Å². The Morgan fingerprint density at radius 1 is 1.17 bits per heavy atom. The van der Waals surface area contributed by atoms with Gasteiger partial charge in [-0.1, -0.05) is 17.7 Å². The molecule has 2 fully saturated rings. The Balaban J connectivity index is 1.31. The van der Waals surface area contributed by atoms with Crippen LogP contribution in [-0.2, 0) is 30.4 Å². The van der Waals surface area contributed by atoms with Gasteiger partial charge in [-0.05, 0) is 30.3 Å². The predicted octanol–water partition coefficient (Wildman–Crippen LogP) is 0.863. The Hall–Kier alpha value is -3.51. The number of anilines is 3. The molecule has 2 aromatic rings. The van der Waals surface area contributed by atoms with Crippen molar-refractivity contribution in [1.82, 2.24) is 5.32 Å². The number of nitrogens with zero attached hydrogens (tertiary/aromatic N) is 2. The highest BCUT2D eigenvalue weighted by atomic mass is 35.5. The number of ether oxygens (including phenoxy) is 2. The molecule has 0 aromatic heterocycles. The van der Waals surface area contributed by atoms with Crippen molar-refractivity contribution in [1.29, 1.82) is 5.41 Å². The van der Waals surface area contributed by atoms with Gasteiger partial charge >= 0.3 is 0 Å². The smallest absolute Gasteiger partial charge is 0.259 e. The van der Waals surface area contributed by atoms with E-state index < -0.39 is 24.0 Å². The van der Waals surface area contributed by atoms with E-state index >= 15 is 0 Å². The summed E-state index contributed by atoms with van der Waals surface area (Å²) in [4.78, 5) is 41.3. The van der Waals surface area contributed by atoms with E-state index in [9.17, 15) is 19.5 Å². The van der Waals surface area contributed by atoms with Crippen LogP contribution >= 0.6 is 11.6 Å². The van der Waals surface area contributed by atoms with E-state index in [1.807, 2.05) is 0 Å². The van der Waals surface area contributed by atoms with Crippen molar-refractivity contribution in [2.45, 2.75) is 18.8 Å². The summed E-state index contributed by atoms with van der Waals surface area (Å²) in [5, 5.41) is 24.3. The summed E-state index contributed by atoms with van der Waals surface area (Å²) in [6, 6.07) is 10.1. The van der Waals surface area contributed by atoms with Gasteiger partial charge in [0.2, 0.25) is 0 Å². The van der Waals surface area contributed by atoms with Crippen molar-refractivity contribution >= 4 is 52.2 Å². The van der Waals surface area contributed by atoms with Crippen LogP contribution in [0, 0.1) is 5.41 Å². The standard InChI is InChI=1S/C24H24ClN5O6/c25-19-16-11-27-22(26)15(16)4-5-17(19)28-23(33)20(32)21-24(34)30(7-9-36-21)14-3-1-2-13(10-14)29-6-8-35-12-18(29)31/h1-5,10,20-21,32H,6-9,11-12H2,(H2,26,27)(H,28,33)/t20-,21-/m1/s1. The largest absolute Gasteiger partial charge is 0.380 e. The van der Waals surface area contributed by atoms with E-state index in [4.69, 9.17) is 26.5 Å². The molecule has 3 amide bonds. The third kappa shape index (κ3) is 4.42. The summed E-state index contributed by atoms with van der Waals surface area (Å²) in [6.07, 6.45) is -3.21. The Morgan fingerprint density at radius 2 is 1.92 bits per heavy atom. The number of aliphatic hydroxyl groups excluding tert-OH is 1. The zero-order valence-corrected chi connectivity index (χ0v) is 19.9. The third-order valence-electron chi connectivity index (χ3n) is 6.33. The maximum absolute atomic E-state index is 13.2. The van der Waals surface area contributed by atoms with Crippen LogP contribution in [0.1, 0.15) is 11.1 Å². The Morgan fingerprint density at radius 3 is 2.69 bits per heavy atom. The number of halogens is 1. The minimum Gasteiger partial charge on any atom is -0.380 e. The quantitative estimate of drug-likeness (QED) is 0.464. The second-order valence-corrected chi connectivity index (χ2v) is 8.89. The van der Waals surface area contributed by atoms with Crippen LogP contribution in [0.3, 0.4) is 0 Å². The Bertz CT molecular complexity index is 1250. The van der Waals surface area contributed by atoms with Crippen LogP contribution in [0.4, 0.5) is 17.1 Å². The molecular formula is C24H24ClN5O6. The lowest BCUT2D eigenvalue weighted by atomic mass is 10.1. The zero-order chi connectivity index (χ0) is 25.4. The average molecular weight is 514 g/mol. The fraction of sp³-hybridized carbons (Fsp3) is 0.333. The van der Waals surface area contributed by atoms with Gasteiger partial charge in [-0.25, -0.2) is 0 Å². The van der Waals surface area contributed by atoms with Gasteiger partial charge in [-0.2, -0.15) is 0 Å². The van der Waals surface area contributed by atoms with Crippen LogP contribution in [0.25, 0.3) is 0 Å². The monoisotopic (exact) mass is 513 g/mol. The van der Waals surface area contributed by atoms with Gasteiger partial charge in [0.05, 0.1) is 23.9 Å². The number of hydrogen-bond acceptors (Lipinski definition) is 7. The van der Waals surface area contributed by atoms with Crippen molar-refractivity contribution in [3.8, 4) is 0 Å². The number of aliphatic hydroxyl groups is 1. The third-order valence-corrected chi connectivity index (χ3v) is 6.76. The van der Waals surface area contributed by atoms with E-state index in [0.29, 0.717) is 42.2 Å². The number of amides is 3. The molecule has 2 atom stereocenters. The predicted molar refractivity (Wildman–Crippen MR) is 131 cm³/mol. The topological polar surface area (TPSA) is 144 Å². The maximum atomic E-state index is 13.2. The van der Waals surface area contributed by atoms with E-state index in [0.717, 1.165) is 0 Å². The first-order valence-corrected chi connectivity index (χ1v) is 11.8. The maximum Gasteiger partial charge on any atom is 0.259 e. The molecule has 3 aliphatic heterocycles. The summed E-state index contributed by atoms with van der Waals surface area (Å²) >= 11 is 6.40. The first kappa shape index (κ1) is 24.2. The van der Waals surface area contributed by atoms with Crippen LogP contribution in [0.5, 0.6) is 0 Å². The normalized spacial score (nSPS) is 20.7. The van der Waals surface area contributed by atoms with Crippen molar-refractivity contribution in [3.63, 3.8) is 0 Å². The molecule has 3 heterocycles. The molecule has 5 rings (SSSR count). The molecule has 0 radical (unpaired) electrons. The van der Waals surface area contributed by atoms with Crippen molar-refractivity contribution in [2.24, 2.45) is 0 Å². The molecule has 0 spiro atoms. The molecule has 11 nitrogen and oxygen atoms in total. The minimum atomic E-state index is -1.79. The molecule has 0 saturated carbocycles. The van der Waals surface area contributed by atoms with E-state index in [1.54, 1.807) is 41.3 Å². The van der Waals surface area contributed by atoms with Crippen LogP contribution in [-0.4, -0.2) is 73.8 Å². The molecule has 2 saturated heterocycles. The SMILES string of the molecule is N=C1NCc2c1ccc(NC(=O)[C@H](O)[C@H]1OCCN(c3cccc(N4CCOCC4=O)c3)C1=O)c2Cl. The molecular weight excluding hydrogens is 490 g/mol. The minimum absolute atomic E-state index is 0.00261. The Kier molecular flexibility index (Phi) is 6.63. The van der Waals surface area contributed by atoms with E-state index in [-0.39, 0.29) is 42.2 Å². The van der Waals surface area contributed by atoms with E-state index in [1.165, 1.54) is 4.90 Å². The van der Waals surface area contributed by atoms with Gasteiger partial charge < -0.3 is 35.0 Å². The Labute approximate surface area is 211 Å². The summed E-state index contributed by atoms with van der Waals surface area (Å²) in [6.45, 7) is 1.51. The number of morpholine rings is 2. The number of amidine groups is 1. The molecule has 0 unspecified atom stereocenters. The highest BCUT2D eigenvalue weighted by Crippen LogP contribution is 2.32. The molecule has 0 aliphatic carbocycles. The number of fused-ring (bicyclic) bond motifs is 1. The number of rotatable bonds is 5. The molecule has 4 N–H and O–H groups in total. The summed E-state index contributed by atoms with van der Waals surface area (Å²) < 4.78 is 10.7. The van der Waals surface area contributed by atoms with Crippen molar-refractivity contribution < 1.29 is 29.0 Å². The molecule has 36 heavy (non-hydrogen) atoms. The first-order chi connectivity index (χ1) is 17.3. The number of nitrogens with one attached hydrogen (secondary N) is 3. The highest BCUT2D eigenvalue weighted by molar-refractivity contribution is 6.35. The van der Waals surface area contributed by atoms with Crippen LogP contribution in [0.15, 0.2) is 36.4 Å². The summed E-state index contributed by atoms with van der Waals surface area (Å²) in [5.41, 5.74) is 2.72. The number of carbonyl (C=O) groups excluding carboxylic acids is 3. The second kappa shape index (κ2) is 9.86. The molecule has 3 aliphatic rings. The molecule has 0 bridgehead atoms. The first-order valence-electron chi connectivity index (χ1n) is 11.4. The van der Waals surface area contributed by atoms with Gasteiger partial charge in [0.1, 0.15) is 12.4 Å². The fourth-order valence-electron chi connectivity index (χ4n) is 4.45. The second-order valence-electron chi connectivity index (χ2n) is 8.51. The van der Waals surface area contributed by atoms with Crippen molar-refractivity contribution in [3.05, 3.63) is 52.5 Å². The number of benzene rings is 2. The zero-order valence-electron chi connectivity index (χ0n) is 19.1.